The number of carbonyl (C=O) groups is 1. The molecule has 13 heteroatoms. The van der Waals surface area contributed by atoms with Crippen LogP contribution in [0, 0.1) is 20.2 Å². The predicted molar refractivity (Wildman–Crippen MR) is 64.8 cm³/mol. The average molecular weight is 342 g/mol. The Morgan fingerprint density at radius 1 is 1.23 bits per heavy atom. The summed E-state index contributed by atoms with van der Waals surface area (Å²) in [4.78, 5) is 28.8. The van der Waals surface area contributed by atoms with E-state index in [-0.39, 0.29) is 0 Å². The largest absolute Gasteiger partial charge is 0.479 e. The van der Waals surface area contributed by atoms with Crippen molar-refractivity contribution >= 4 is 29.1 Å². The third kappa shape index (κ3) is 4.76. The van der Waals surface area contributed by atoms with Crippen molar-refractivity contribution in [3.8, 4) is 5.75 Å². The van der Waals surface area contributed by atoms with Crippen LogP contribution >= 0.6 is 11.8 Å². The summed E-state index contributed by atoms with van der Waals surface area (Å²) in [6.45, 7) is -1.13. The quantitative estimate of drug-likeness (QED) is 0.474. The third-order valence-corrected chi connectivity index (χ3v) is 2.69. The molecule has 0 amide bonds. The van der Waals surface area contributed by atoms with Crippen LogP contribution in [0.25, 0.3) is 0 Å². The molecular formula is C9H5F3N2O7S. The van der Waals surface area contributed by atoms with E-state index in [2.05, 4.69) is 4.74 Å². The molecule has 0 fully saturated rings. The van der Waals surface area contributed by atoms with Crippen molar-refractivity contribution in [2.75, 3.05) is 6.61 Å². The minimum Gasteiger partial charge on any atom is -0.479 e. The molecule has 0 saturated carbocycles. The van der Waals surface area contributed by atoms with Crippen molar-refractivity contribution < 1.29 is 37.7 Å². The molecule has 0 spiro atoms. The normalized spacial score (nSPS) is 11.0. The molecule has 0 aliphatic carbocycles. The molecule has 0 bridgehead atoms. The number of carboxylic acid groups (broad SMARTS) is 1. The molecule has 1 N–H and O–H groups in total. The number of aliphatic carboxylic acids is 1. The van der Waals surface area contributed by atoms with Gasteiger partial charge in [0, 0.05) is 17.0 Å². The number of carboxylic acids is 1. The second kappa shape index (κ2) is 6.46. The van der Waals surface area contributed by atoms with Gasteiger partial charge in [0.2, 0.25) is 0 Å². The van der Waals surface area contributed by atoms with Crippen LogP contribution in [0.4, 0.5) is 24.5 Å². The number of thioether (sulfide) groups is 1. The van der Waals surface area contributed by atoms with Crippen molar-refractivity contribution in [1.82, 2.24) is 0 Å². The first-order valence-electron chi connectivity index (χ1n) is 5.08. The van der Waals surface area contributed by atoms with E-state index in [0.717, 1.165) is 0 Å². The van der Waals surface area contributed by atoms with Gasteiger partial charge in [0.15, 0.2) is 6.61 Å². The van der Waals surface area contributed by atoms with Gasteiger partial charge in [-0.05, 0) is 11.8 Å². The van der Waals surface area contributed by atoms with Gasteiger partial charge >= 0.3 is 22.9 Å². The maximum atomic E-state index is 12.3. The number of ether oxygens (including phenoxy) is 1. The van der Waals surface area contributed by atoms with Crippen molar-refractivity contribution in [3.05, 3.63) is 32.4 Å². The van der Waals surface area contributed by atoms with Crippen LogP contribution in [0.3, 0.4) is 0 Å². The van der Waals surface area contributed by atoms with Gasteiger partial charge in [0.05, 0.1) is 9.85 Å². The van der Waals surface area contributed by atoms with Crippen LogP contribution in [0.5, 0.6) is 5.75 Å². The number of halogens is 3. The average Bonchev–Trinajstić information content (AvgIpc) is 2.33. The molecule has 0 radical (unpaired) electrons. The fourth-order valence-corrected chi connectivity index (χ4v) is 1.93. The zero-order valence-electron chi connectivity index (χ0n) is 10.2. The van der Waals surface area contributed by atoms with Crippen LogP contribution in [0.1, 0.15) is 0 Å². The summed E-state index contributed by atoms with van der Waals surface area (Å²) in [5, 5.41) is 30.1. The summed E-state index contributed by atoms with van der Waals surface area (Å²) in [6.07, 6.45) is 0. The van der Waals surface area contributed by atoms with Crippen molar-refractivity contribution in [1.29, 1.82) is 0 Å². The van der Waals surface area contributed by atoms with E-state index < -0.39 is 61.7 Å². The van der Waals surface area contributed by atoms with E-state index >= 15 is 0 Å². The molecule has 22 heavy (non-hydrogen) atoms. The highest BCUT2D eigenvalue weighted by atomic mass is 32.2. The number of benzene rings is 1. The lowest BCUT2D eigenvalue weighted by atomic mass is 10.2. The number of nitro groups is 2. The topological polar surface area (TPSA) is 133 Å². The molecule has 0 unspecified atom stereocenters. The van der Waals surface area contributed by atoms with Gasteiger partial charge in [0.25, 0.3) is 5.75 Å². The number of hydrogen-bond acceptors (Lipinski definition) is 7. The lowest BCUT2D eigenvalue weighted by Crippen LogP contribution is -2.12. The maximum absolute atomic E-state index is 12.3. The Labute approximate surface area is 123 Å². The van der Waals surface area contributed by atoms with Gasteiger partial charge in [0.1, 0.15) is 0 Å². The number of hydrogen-bond donors (Lipinski definition) is 1. The molecule has 1 aromatic rings. The summed E-state index contributed by atoms with van der Waals surface area (Å²) in [6, 6.07) is 0.838. The van der Waals surface area contributed by atoms with Crippen LogP contribution in [0.15, 0.2) is 17.0 Å². The summed E-state index contributed by atoms with van der Waals surface area (Å²) in [5.41, 5.74) is -7.09. The zero-order chi connectivity index (χ0) is 17.1. The standard InChI is InChI=1S/C9H5F3N2O7S/c10-9(11,12)22-4-1-5(13(17)18)8(21-3-7(15)16)6(2-4)14(19)20/h1-2H,3H2,(H,15,16). The molecule has 0 saturated heterocycles. The van der Waals surface area contributed by atoms with Crippen molar-refractivity contribution in [2.45, 2.75) is 10.4 Å². The summed E-state index contributed by atoms with van der Waals surface area (Å²) < 4.78 is 41.3. The Morgan fingerprint density at radius 3 is 2.00 bits per heavy atom. The minimum atomic E-state index is -4.81. The lowest BCUT2D eigenvalue weighted by Gasteiger charge is -2.09. The fraction of sp³-hybridized carbons (Fsp3) is 0.222. The molecule has 1 rings (SSSR count). The Morgan fingerprint density at radius 2 is 1.68 bits per heavy atom. The molecule has 1 aromatic carbocycles. The van der Waals surface area contributed by atoms with Gasteiger partial charge in [-0.15, -0.1) is 0 Å². The van der Waals surface area contributed by atoms with E-state index in [4.69, 9.17) is 5.11 Å². The van der Waals surface area contributed by atoms with Crippen LogP contribution < -0.4 is 4.74 Å². The van der Waals surface area contributed by atoms with E-state index in [1.54, 1.807) is 0 Å². The predicted octanol–water partition coefficient (Wildman–Crippen LogP) is 2.58. The van der Waals surface area contributed by atoms with Gasteiger partial charge in [-0.25, -0.2) is 4.79 Å². The maximum Gasteiger partial charge on any atom is 0.446 e. The Kier molecular flexibility index (Phi) is 5.14. The fourth-order valence-electron chi connectivity index (χ4n) is 1.32. The molecule has 0 atom stereocenters. The first-order valence-corrected chi connectivity index (χ1v) is 5.90. The van der Waals surface area contributed by atoms with E-state index in [9.17, 15) is 38.2 Å². The molecular weight excluding hydrogens is 337 g/mol. The van der Waals surface area contributed by atoms with Gasteiger partial charge in [-0.3, -0.25) is 20.2 Å². The molecule has 0 heterocycles. The second-order valence-corrected chi connectivity index (χ2v) is 4.67. The number of rotatable bonds is 6. The second-order valence-electron chi connectivity index (χ2n) is 3.54. The van der Waals surface area contributed by atoms with Crippen LogP contribution in [-0.4, -0.2) is 33.0 Å². The smallest absolute Gasteiger partial charge is 0.446 e. The van der Waals surface area contributed by atoms with Crippen LogP contribution in [0.2, 0.25) is 0 Å². The van der Waals surface area contributed by atoms with Crippen molar-refractivity contribution in [3.63, 3.8) is 0 Å². The van der Waals surface area contributed by atoms with E-state index in [1.165, 1.54) is 0 Å². The first kappa shape index (κ1) is 17.5. The number of nitro benzene ring substituents is 2. The summed E-state index contributed by atoms with van der Waals surface area (Å²) in [5.74, 6) is -2.60. The molecule has 0 aliphatic heterocycles. The number of alkyl halides is 3. The minimum absolute atomic E-state index is 0.419. The Bertz CT molecular complexity index is 599. The molecule has 120 valence electrons. The van der Waals surface area contributed by atoms with Crippen molar-refractivity contribution in [2.24, 2.45) is 0 Å². The molecule has 9 nitrogen and oxygen atoms in total. The highest BCUT2D eigenvalue weighted by Gasteiger charge is 2.34. The van der Waals surface area contributed by atoms with Gasteiger partial charge in [-0.2, -0.15) is 13.2 Å². The zero-order valence-corrected chi connectivity index (χ0v) is 11.0. The first-order chi connectivity index (χ1) is 10.0. The summed E-state index contributed by atoms with van der Waals surface area (Å²) >= 11 is -0.784. The van der Waals surface area contributed by atoms with Gasteiger partial charge < -0.3 is 9.84 Å². The molecule has 0 aliphatic rings. The van der Waals surface area contributed by atoms with E-state index in [0.29, 0.717) is 12.1 Å². The van der Waals surface area contributed by atoms with Gasteiger partial charge in [-0.1, -0.05) is 0 Å². The summed E-state index contributed by atoms with van der Waals surface area (Å²) in [7, 11) is 0. The monoisotopic (exact) mass is 342 g/mol. The number of nitrogens with zero attached hydrogens (tertiary/aromatic N) is 2. The van der Waals surface area contributed by atoms with E-state index in [1.807, 2.05) is 0 Å². The van der Waals surface area contributed by atoms with Crippen LogP contribution in [-0.2, 0) is 4.79 Å². The molecule has 0 aromatic heterocycles. The third-order valence-electron chi connectivity index (χ3n) is 1.99. The SMILES string of the molecule is O=C(O)COc1c([N+](=O)[O-])cc(SC(F)(F)F)cc1[N+](=O)[O-]. The lowest BCUT2D eigenvalue weighted by molar-refractivity contribution is -0.396. The highest BCUT2D eigenvalue weighted by Crippen LogP contribution is 2.44. The Hall–Kier alpha value is -2.57. The highest BCUT2D eigenvalue weighted by molar-refractivity contribution is 8.00. The Balaban J connectivity index is 3.43.